The SMILES string of the molecule is COc1ccc(Br)c(C(=O)NCC(O)COc2cccc(C(F)(F)F)c2)c1. The summed E-state index contributed by atoms with van der Waals surface area (Å²) in [6.45, 7) is -0.414. The van der Waals surface area contributed by atoms with Gasteiger partial charge in [0, 0.05) is 11.0 Å². The lowest BCUT2D eigenvalue weighted by molar-refractivity contribution is -0.137. The number of ether oxygens (including phenoxy) is 2. The Morgan fingerprint density at radius 1 is 1.22 bits per heavy atom. The van der Waals surface area contributed by atoms with Crippen molar-refractivity contribution in [2.75, 3.05) is 20.3 Å². The molecule has 0 aromatic heterocycles. The second-order valence-electron chi connectivity index (χ2n) is 5.55. The van der Waals surface area contributed by atoms with Gasteiger partial charge in [0.15, 0.2) is 0 Å². The van der Waals surface area contributed by atoms with Gasteiger partial charge in [-0.05, 0) is 52.3 Å². The summed E-state index contributed by atoms with van der Waals surface area (Å²) in [5.74, 6) is 0.0291. The van der Waals surface area contributed by atoms with Crippen LogP contribution >= 0.6 is 15.9 Å². The van der Waals surface area contributed by atoms with Crippen molar-refractivity contribution in [3.8, 4) is 11.5 Å². The molecule has 0 spiro atoms. The summed E-state index contributed by atoms with van der Waals surface area (Å²) in [5, 5.41) is 12.4. The van der Waals surface area contributed by atoms with Crippen molar-refractivity contribution in [1.82, 2.24) is 5.32 Å². The number of hydrogen-bond donors (Lipinski definition) is 2. The van der Waals surface area contributed by atoms with Gasteiger partial charge in [0.2, 0.25) is 0 Å². The molecular weight excluding hydrogens is 431 g/mol. The van der Waals surface area contributed by atoms with E-state index in [1.807, 2.05) is 0 Å². The molecule has 1 amide bonds. The molecule has 2 rings (SSSR count). The minimum absolute atomic E-state index is 0.0225. The van der Waals surface area contributed by atoms with Crippen molar-refractivity contribution < 1.29 is 32.5 Å². The number of halogens is 4. The van der Waals surface area contributed by atoms with Gasteiger partial charge in [-0.3, -0.25) is 4.79 Å². The molecule has 0 aliphatic carbocycles. The molecule has 1 atom stereocenters. The van der Waals surface area contributed by atoms with Crippen LogP contribution in [0.2, 0.25) is 0 Å². The highest BCUT2D eigenvalue weighted by Crippen LogP contribution is 2.31. The van der Waals surface area contributed by atoms with E-state index in [-0.39, 0.29) is 18.9 Å². The zero-order chi connectivity index (χ0) is 20.0. The maximum atomic E-state index is 12.7. The zero-order valence-corrected chi connectivity index (χ0v) is 15.8. The van der Waals surface area contributed by atoms with Crippen LogP contribution in [0.3, 0.4) is 0 Å². The van der Waals surface area contributed by atoms with E-state index in [9.17, 15) is 23.1 Å². The summed E-state index contributed by atoms with van der Waals surface area (Å²) in [4.78, 5) is 12.2. The predicted molar refractivity (Wildman–Crippen MR) is 96.0 cm³/mol. The number of hydrogen-bond acceptors (Lipinski definition) is 4. The van der Waals surface area contributed by atoms with Crippen molar-refractivity contribution in [3.05, 3.63) is 58.1 Å². The van der Waals surface area contributed by atoms with E-state index in [0.717, 1.165) is 12.1 Å². The predicted octanol–water partition coefficient (Wildman–Crippen LogP) is 3.65. The largest absolute Gasteiger partial charge is 0.497 e. The van der Waals surface area contributed by atoms with E-state index in [1.54, 1.807) is 12.1 Å². The number of aliphatic hydroxyl groups is 1. The normalized spacial score (nSPS) is 12.4. The minimum Gasteiger partial charge on any atom is -0.497 e. The topological polar surface area (TPSA) is 67.8 Å². The standard InChI is InChI=1S/C18H17BrF3NO4/c1-26-13-5-6-16(19)15(8-13)17(25)23-9-12(24)10-27-14-4-2-3-11(7-14)18(20,21)22/h2-8,12,24H,9-10H2,1H3,(H,23,25). The molecule has 146 valence electrons. The Bertz CT molecular complexity index is 798. The van der Waals surface area contributed by atoms with E-state index in [1.165, 1.54) is 25.3 Å². The highest BCUT2D eigenvalue weighted by atomic mass is 79.9. The summed E-state index contributed by atoms with van der Waals surface area (Å²) in [7, 11) is 1.47. The molecule has 0 saturated heterocycles. The lowest BCUT2D eigenvalue weighted by atomic mass is 10.2. The van der Waals surface area contributed by atoms with E-state index in [0.29, 0.717) is 15.8 Å². The third-order valence-electron chi connectivity index (χ3n) is 3.52. The van der Waals surface area contributed by atoms with Crippen LogP contribution in [0.15, 0.2) is 46.9 Å². The first kappa shape index (κ1) is 21.0. The number of aliphatic hydroxyl groups excluding tert-OH is 1. The average Bonchev–Trinajstić information content (AvgIpc) is 2.64. The van der Waals surface area contributed by atoms with Crippen LogP contribution in [-0.2, 0) is 6.18 Å². The van der Waals surface area contributed by atoms with Gasteiger partial charge in [0.25, 0.3) is 5.91 Å². The minimum atomic E-state index is -4.48. The molecule has 27 heavy (non-hydrogen) atoms. The fraction of sp³-hybridized carbons (Fsp3) is 0.278. The smallest absolute Gasteiger partial charge is 0.416 e. The number of benzene rings is 2. The molecule has 5 nitrogen and oxygen atoms in total. The Morgan fingerprint density at radius 3 is 2.63 bits per heavy atom. The number of carbonyl (C=O) groups is 1. The van der Waals surface area contributed by atoms with Gasteiger partial charge < -0.3 is 19.9 Å². The van der Waals surface area contributed by atoms with E-state index in [4.69, 9.17) is 9.47 Å². The van der Waals surface area contributed by atoms with E-state index in [2.05, 4.69) is 21.2 Å². The van der Waals surface area contributed by atoms with E-state index >= 15 is 0 Å². The maximum absolute atomic E-state index is 12.7. The molecular formula is C18H17BrF3NO4. The van der Waals surface area contributed by atoms with Crippen LogP contribution in [0.25, 0.3) is 0 Å². The fourth-order valence-electron chi connectivity index (χ4n) is 2.12. The average molecular weight is 448 g/mol. The van der Waals surface area contributed by atoms with Gasteiger partial charge in [0.1, 0.15) is 24.2 Å². The molecule has 2 aromatic carbocycles. The molecule has 1 unspecified atom stereocenters. The number of carbonyl (C=O) groups excluding carboxylic acids is 1. The van der Waals surface area contributed by atoms with Crippen molar-refractivity contribution in [1.29, 1.82) is 0 Å². The molecule has 0 bridgehead atoms. The van der Waals surface area contributed by atoms with Crippen LogP contribution in [0, 0.1) is 0 Å². The van der Waals surface area contributed by atoms with Gasteiger partial charge in [0.05, 0.1) is 18.2 Å². The van der Waals surface area contributed by atoms with Gasteiger partial charge in [-0.15, -0.1) is 0 Å². The van der Waals surface area contributed by atoms with Crippen LogP contribution < -0.4 is 14.8 Å². The Morgan fingerprint density at radius 2 is 1.96 bits per heavy atom. The second-order valence-corrected chi connectivity index (χ2v) is 6.40. The van der Waals surface area contributed by atoms with Crippen molar-refractivity contribution >= 4 is 21.8 Å². The molecule has 0 radical (unpaired) electrons. The molecule has 0 heterocycles. The molecule has 0 fully saturated rings. The van der Waals surface area contributed by atoms with E-state index < -0.39 is 23.8 Å². The number of methoxy groups -OCH3 is 1. The Balaban J connectivity index is 1.88. The van der Waals surface area contributed by atoms with Gasteiger partial charge in [-0.25, -0.2) is 0 Å². The van der Waals surface area contributed by atoms with Gasteiger partial charge >= 0.3 is 6.18 Å². The van der Waals surface area contributed by atoms with Crippen LogP contribution in [0.5, 0.6) is 11.5 Å². The summed E-state index contributed by atoms with van der Waals surface area (Å²) >= 11 is 3.26. The third kappa shape index (κ3) is 6.14. The Labute approximate surface area is 162 Å². The zero-order valence-electron chi connectivity index (χ0n) is 14.2. The molecule has 9 heteroatoms. The molecule has 2 aromatic rings. The third-order valence-corrected chi connectivity index (χ3v) is 4.21. The number of amides is 1. The van der Waals surface area contributed by atoms with Crippen molar-refractivity contribution in [3.63, 3.8) is 0 Å². The first-order valence-electron chi connectivity index (χ1n) is 7.80. The molecule has 0 aliphatic heterocycles. The van der Waals surface area contributed by atoms with Gasteiger partial charge in [-0.2, -0.15) is 13.2 Å². The lowest BCUT2D eigenvalue weighted by Gasteiger charge is -2.15. The fourth-order valence-corrected chi connectivity index (χ4v) is 2.55. The molecule has 2 N–H and O–H groups in total. The molecule has 0 aliphatic rings. The van der Waals surface area contributed by atoms with Crippen molar-refractivity contribution in [2.45, 2.75) is 12.3 Å². The molecule has 0 saturated carbocycles. The van der Waals surface area contributed by atoms with Crippen LogP contribution in [-0.4, -0.2) is 37.4 Å². The van der Waals surface area contributed by atoms with Gasteiger partial charge in [-0.1, -0.05) is 6.07 Å². The lowest BCUT2D eigenvalue weighted by Crippen LogP contribution is -2.35. The van der Waals surface area contributed by atoms with Crippen molar-refractivity contribution in [2.24, 2.45) is 0 Å². The highest BCUT2D eigenvalue weighted by molar-refractivity contribution is 9.10. The summed E-state index contributed by atoms with van der Waals surface area (Å²) in [5.41, 5.74) is -0.522. The summed E-state index contributed by atoms with van der Waals surface area (Å²) in [6.07, 6.45) is -5.58. The number of alkyl halides is 3. The summed E-state index contributed by atoms with van der Waals surface area (Å²) in [6, 6.07) is 9.21. The van der Waals surface area contributed by atoms with Crippen LogP contribution in [0.1, 0.15) is 15.9 Å². The second kappa shape index (κ2) is 9.09. The summed E-state index contributed by atoms with van der Waals surface area (Å²) < 4.78 is 48.8. The first-order valence-corrected chi connectivity index (χ1v) is 8.60. The highest BCUT2D eigenvalue weighted by Gasteiger charge is 2.30. The quantitative estimate of drug-likeness (QED) is 0.679. The number of rotatable bonds is 7. The number of nitrogens with one attached hydrogen (secondary N) is 1. The van der Waals surface area contributed by atoms with Crippen LogP contribution in [0.4, 0.5) is 13.2 Å². The maximum Gasteiger partial charge on any atom is 0.416 e. The first-order chi connectivity index (χ1) is 12.7. The Kier molecular flexibility index (Phi) is 7.09. The monoisotopic (exact) mass is 447 g/mol. The Hall–Kier alpha value is -2.26.